The van der Waals surface area contributed by atoms with Crippen LogP contribution in [0.5, 0.6) is 0 Å². The summed E-state index contributed by atoms with van der Waals surface area (Å²) in [5, 5.41) is 9.03. The number of hydrogen-bond acceptors (Lipinski definition) is 2. The Morgan fingerprint density at radius 1 is 1.21 bits per heavy atom. The molecule has 2 aromatic rings. The fraction of sp³-hybridized carbons (Fsp3) is 0.357. The average molecular weight is 296 g/mol. The van der Waals surface area contributed by atoms with Crippen molar-refractivity contribution in [1.82, 2.24) is 15.1 Å². The Labute approximate surface area is 122 Å². The number of rotatable bonds is 5. The van der Waals surface area contributed by atoms with Crippen molar-refractivity contribution in [2.24, 2.45) is 0 Å². The van der Waals surface area contributed by atoms with E-state index in [9.17, 15) is 0 Å². The predicted octanol–water partition coefficient (Wildman–Crippen LogP) is 3.49. The minimum Gasteiger partial charge on any atom is -0.308 e. The van der Waals surface area contributed by atoms with Crippen molar-refractivity contribution in [3.05, 3.63) is 51.8 Å². The fourth-order valence-electron chi connectivity index (χ4n) is 2.00. The quantitative estimate of drug-likeness (QED) is 0.915. The van der Waals surface area contributed by atoms with Gasteiger partial charge in [0.05, 0.1) is 22.3 Å². The van der Waals surface area contributed by atoms with E-state index in [0.717, 1.165) is 12.1 Å². The van der Waals surface area contributed by atoms with Gasteiger partial charge in [0.25, 0.3) is 0 Å². The molecule has 0 aliphatic heterocycles. The second kappa shape index (κ2) is 5.53. The van der Waals surface area contributed by atoms with Crippen LogP contribution in [0.2, 0.25) is 10.0 Å². The summed E-state index contributed by atoms with van der Waals surface area (Å²) in [6.07, 6.45) is 4.42. The number of nitrogens with zero attached hydrogens (tertiary/aromatic N) is 2. The van der Waals surface area contributed by atoms with E-state index in [1.54, 1.807) is 0 Å². The third-order valence-corrected chi connectivity index (χ3v) is 4.01. The average Bonchev–Trinajstić information content (AvgIpc) is 3.12. The largest absolute Gasteiger partial charge is 0.308 e. The molecule has 1 aromatic heterocycles. The molecule has 1 aromatic carbocycles. The smallest absolute Gasteiger partial charge is 0.0663 e. The van der Waals surface area contributed by atoms with Crippen LogP contribution in [0.3, 0.4) is 0 Å². The SMILES string of the molecule is Clc1ccc(Cn2nccc2CNC2CC2)cc1Cl. The highest BCUT2D eigenvalue weighted by molar-refractivity contribution is 6.42. The Morgan fingerprint density at radius 2 is 2.05 bits per heavy atom. The lowest BCUT2D eigenvalue weighted by Gasteiger charge is -2.09. The zero-order chi connectivity index (χ0) is 13.2. The summed E-state index contributed by atoms with van der Waals surface area (Å²) in [5.74, 6) is 0. The van der Waals surface area contributed by atoms with E-state index in [-0.39, 0.29) is 0 Å². The highest BCUT2D eigenvalue weighted by Crippen LogP contribution is 2.23. The fourth-order valence-corrected chi connectivity index (χ4v) is 2.32. The van der Waals surface area contributed by atoms with Crippen LogP contribution in [0.4, 0.5) is 0 Å². The van der Waals surface area contributed by atoms with Gasteiger partial charge < -0.3 is 5.32 Å². The zero-order valence-electron chi connectivity index (χ0n) is 10.4. The first kappa shape index (κ1) is 13.0. The molecule has 3 rings (SSSR count). The molecule has 1 N–H and O–H groups in total. The van der Waals surface area contributed by atoms with Crippen LogP contribution in [-0.4, -0.2) is 15.8 Å². The van der Waals surface area contributed by atoms with Gasteiger partial charge in [0, 0.05) is 18.8 Å². The van der Waals surface area contributed by atoms with E-state index in [0.29, 0.717) is 22.6 Å². The summed E-state index contributed by atoms with van der Waals surface area (Å²) < 4.78 is 1.99. The van der Waals surface area contributed by atoms with Crippen molar-refractivity contribution in [2.45, 2.75) is 32.0 Å². The van der Waals surface area contributed by atoms with Gasteiger partial charge in [-0.15, -0.1) is 0 Å². The third-order valence-electron chi connectivity index (χ3n) is 3.27. The molecular formula is C14H15Cl2N3. The first-order valence-corrected chi connectivity index (χ1v) is 7.16. The van der Waals surface area contributed by atoms with Crippen molar-refractivity contribution < 1.29 is 0 Å². The minimum absolute atomic E-state index is 0.585. The summed E-state index contributed by atoms with van der Waals surface area (Å²) in [4.78, 5) is 0. The number of hydrogen-bond donors (Lipinski definition) is 1. The maximum absolute atomic E-state index is 6.03. The van der Waals surface area contributed by atoms with Gasteiger partial charge in [0.15, 0.2) is 0 Å². The molecule has 1 aliphatic carbocycles. The predicted molar refractivity (Wildman–Crippen MR) is 77.7 cm³/mol. The molecule has 0 bridgehead atoms. The Kier molecular flexibility index (Phi) is 3.78. The van der Waals surface area contributed by atoms with Crippen molar-refractivity contribution in [1.29, 1.82) is 0 Å². The summed E-state index contributed by atoms with van der Waals surface area (Å²) >= 11 is 12.0. The van der Waals surface area contributed by atoms with Crippen LogP contribution in [0.15, 0.2) is 30.5 Å². The molecule has 0 radical (unpaired) electrons. The van der Waals surface area contributed by atoms with Gasteiger partial charge in [-0.1, -0.05) is 29.3 Å². The van der Waals surface area contributed by atoms with Crippen LogP contribution in [0.1, 0.15) is 24.1 Å². The standard InChI is InChI=1S/C14H15Cl2N3/c15-13-4-1-10(7-14(13)16)9-19-12(5-6-18-19)8-17-11-2-3-11/h1,4-7,11,17H,2-3,8-9H2. The molecule has 1 heterocycles. The van der Waals surface area contributed by atoms with Crippen molar-refractivity contribution in [2.75, 3.05) is 0 Å². The lowest BCUT2D eigenvalue weighted by molar-refractivity contribution is 0.593. The number of aromatic nitrogens is 2. The van der Waals surface area contributed by atoms with Crippen molar-refractivity contribution >= 4 is 23.2 Å². The number of benzene rings is 1. The van der Waals surface area contributed by atoms with Gasteiger partial charge in [-0.2, -0.15) is 5.10 Å². The maximum atomic E-state index is 6.03. The lowest BCUT2D eigenvalue weighted by Crippen LogP contribution is -2.18. The Balaban J connectivity index is 1.71. The molecular weight excluding hydrogens is 281 g/mol. The van der Waals surface area contributed by atoms with Gasteiger partial charge in [-0.3, -0.25) is 4.68 Å². The third kappa shape index (κ3) is 3.30. The van der Waals surface area contributed by atoms with Crippen molar-refractivity contribution in [3.63, 3.8) is 0 Å². The molecule has 1 fully saturated rings. The molecule has 0 amide bonds. The van der Waals surface area contributed by atoms with Crippen LogP contribution in [-0.2, 0) is 13.1 Å². The summed E-state index contributed by atoms with van der Waals surface area (Å²) in [5.41, 5.74) is 2.30. The maximum Gasteiger partial charge on any atom is 0.0663 e. The van der Waals surface area contributed by atoms with Crippen LogP contribution in [0.25, 0.3) is 0 Å². The van der Waals surface area contributed by atoms with E-state index in [1.165, 1.54) is 18.5 Å². The number of halogens is 2. The van der Waals surface area contributed by atoms with E-state index >= 15 is 0 Å². The molecule has 0 spiro atoms. The summed E-state index contributed by atoms with van der Waals surface area (Å²) in [6, 6.07) is 8.45. The van der Waals surface area contributed by atoms with Gasteiger partial charge in [-0.25, -0.2) is 0 Å². The first-order valence-electron chi connectivity index (χ1n) is 6.40. The second-order valence-electron chi connectivity index (χ2n) is 4.88. The van der Waals surface area contributed by atoms with E-state index in [4.69, 9.17) is 23.2 Å². The van der Waals surface area contributed by atoms with Gasteiger partial charge in [-0.05, 0) is 36.6 Å². The first-order chi connectivity index (χ1) is 9.22. The molecule has 0 atom stereocenters. The Bertz CT molecular complexity index is 576. The highest BCUT2D eigenvalue weighted by atomic mass is 35.5. The molecule has 1 aliphatic rings. The molecule has 19 heavy (non-hydrogen) atoms. The van der Waals surface area contributed by atoms with Crippen LogP contribution in [0, 0.1) is 0 Å². The van der Waals surface area contributed by atoms with E-state index in [1.807, 2.05) is 35.1 Å². The topological polar surface area (TPSA) is 29.9 Å². The monoisotopic (exact) mass is 295 g/mol. The van der Waals surface area contributed by atoms with Crippen molar-refractivity contribution in [3.8, 4) is 0 Å². The molecule has 3 nitrogen and oxygen atoms in total. The van der Waals surface area contributed by atoms with Crippen LogP contribution < -0.4 is 5.32 Å². The lowest BCUT2D eigenvalue weighted by atomic mass is 10.2. The molecule has 0 unspecified atom stereocenters. The number of nitrogens with one attached hydrogen (secondary N) is 1. The Hall–Kier alpha value is -1.03. The Morgan fingerprint density at radius 3 is 2.79 bits per heavy atom. The molecule has 0 saturated heterocycles. The van der Waals surface area contributed by atoms with E-state index < -0.39 is 0 Å². The van der Waals surface area contributed by atoms with Gasteiger partial charge in [0.1, 0.15) is 0 Å². The minimum atomic E-state index is 0.585. The normalized spacial score (nSPS) is 14.8. The zero-order valence-corrected chi connectivity index (χ0v) is 12.0. The molecule has 100 valence electrons. The van der Waals surface area contributed by atoms with Crippen LogP contribution >= 0.6 is 23.2 Å². The van der Waals surface area contributed by atoms with Gasteiger partial charge >= 0.3 is 0 Å². The van der Waals surface area contributed by atoms with E-state index in [2.05, 4.69) is 10.4 Å². The summed E-state index contributed by atoms with van der Waals surface area (Å²) in [6.45, 7) is 1.58. The highest BCUT2D eigenvalue weighted by Gasteiger charge is 2.20. The molecule has 1 saturated carbocycles. The second-order valence-corrected chi connectivity index (χ2v) is 5.70. The van der Waals surface area contributed by atoms with Gasteiger partial charge in [0.2, 0.25) is 0 Å². The molecule has 5 heteroatoms. The summed E-state index contributed by atoms with van der Waals surface area (Å²) in [7, 11) is 0.